The number of hydrogen-bond acceptors (Lipinski definition) is 4. The van der Waals surface area contributed by atoms with Crippen molar-refractivity contribution in [3.05, 3.63) is 95.6 Å². The Balaban J connectivity index is 1.83. The molecular formula is C28H32N2O4. The van der Waals surface area contributed by atoms with E-state index in [2.05, 4.69) is 5.32 Å². The molecule has 3 aromatic rings. The normalized spacial score (nSPS) is 11.4. The van der Waals surface area contributed by atoms with Gasteiger partial charge in [0.2, 0.25) is 11.8 Å². The number of benzene rings is 3. The van der Waals surface area contributed by atoms with Crippen molar-refractivity contribution < 1.29 is 19.1 Å². The molecule has 0 aliphatic rings. The van der Waals surface area contributed by atoms with Crippen LogP contribution in [0.4, 0.5) is 0 Å². The van der Waals surface area contributed by atoms with Gasteiger partial charge in [-0.1, -0.05) is 61.5 Å². The van der Waals surface area contributed by atoms with Gasteiger partial charge in [-0.25, -0.2) is 0 Å². The van der Waals surface area contributed by atoms with Crippen LogP contribution in [0.3, 0.4) is 0 Å². The van der Waals surface area contributed by atoms with Gasteiger partial charge in [0, 0.05) is 25.9 Å². The van der Waals surface area contributed by atoms with E-state index in [0.29, 0.717) is 25.9 Å². The van der Waals surface area contributed by atoms with Gasteiger partial charge in [0.15, 0.2) is 0 Å². The lowest BCUT2D eigenvalue weighted by molar-refractivity contribution is -0.141. The molecule has 3 aromatic carbocycles. The van der Waals surface area contributed by atoms with Crippen LogP contribution in [-0.4, -0.2) is 37.0 Å². The van der Waals surface area contributed by atoms with Crippen LogP contribution in [0.25, 0.3) is 0 Å². The summed E-state index contributed by atoms with van der Waals surface area (Å²) < 4.78 is 10.4. The number of nitrogens with zero attached hydrogens (tertiary/aromatic N) is 1. The highest BCUT2D eigenvalue weighted by atomic mass is 16.5. The van der Waals surface area contributed by atoms with Crippen molar-refractivity contribution >= 4 is 11.8 Å². The molecule has 0 spiro atoms. The second-order valence-corrected chi connectivity index (χ2v) is 7.99. The fraction of sp³-hybridized carbons (Fsp3) is 0.286. The van der Waals surface area contributed by atoms with Gasteiger partial charge in [0.05, 0.1) is 14.2 Å². The average Bonchev–Trinajstić information content (AvgIpc) is 2.90. The molecule has 2 amide bonds. The van der Waals surface area contributed by atoms with Gasteiger partial charge in [-0.05, 0) is 41.0 Å². The van der Waals surface area contributed by atoms with Gasteiger partial charge < -0.3 is 19.7 Å². The van der Waals surface area contributed by atoms with Gasteiger partial charge in [-0.15, -0.1) is 0 Å². The maximum Gasteiger partial charge on any atom is 0.243 e. The average molecular weight is 461 g/mol. The summed E-state index contributed by atoms with van der Waals surface area (Å²) in [7, 11) is 3.23. The molecule has 0 heterocycles. The molecule has 0 unspecified atom stereocenters. The largest absolute Gasteiger partial charge is 0.497 e. The number of carbonyl (C=O) groups excluding carboxylic acids is 2. The van der Waals surface area contributed by atoms with E-state index in [9.17, 15) is 9.59 Å². The van der Waals surface area contributed by atoms with Crippen LogP contribution in [0.5, 0.6) is 11.5 Å². The Bertz CT molecular complexity index is 1050. The molecule has 0 aliphatic heterocycles. The first-order valence-electron chi connectivity index (χ1n) is 11.4. The van der Waals surface area contributed by atoms with Gasteiger partial charge in [0.1, 0.15) is 17.5 Å². The molecule has 0 aromatic heterocycles. The number of nitrogens with one attached hydrogen (secondary N) is 1. The Hall–Kier alpha value is -3.80. The third-order valence-corrected chi connectivity index (χ3v) is 5.71. The minimum atomic E-state index is -0.643. The van der Waals surface area contributed by atoms with Crippen LogP contribution in [0.1, 0.15) is 30.0 Å². The molecule has 34 heavy (non-hydrogen) atoms. The number of methoxy groups -OCH3 is 2. The van der Waals surface area contributed by atoms with E-state index in [1.807, 2.05) is 85.8 Å². The number of carbonyl (C=O) groups is 2. The molecule has 178 valence electrons. The zero-order valence-electron chi connectivity index (χ0n) is 20.0. The predicted octanol–water partition coefficient (Wildman–Crippen LogP) is 4.37. The van der Waals surface area contributed by atoms with Gasteiger partial charge in [-0.3, -0.25) is 9.59 Å². The van der Waals surface area contributed by atoms with Crippen LogP contribution in [0.15, 0.2) is 78.9 Å². The number of ether oxygens (including phenoxy) is 2. The zero-order chi connectivity index (χ0) is 24.3. The molecule has 0 fully saturated rings. The molecule has 0 saturated heterocycles. The molecule has 1 atom stereocenters. The molecule has 6 nitrogen and oxygen atoms in total. The van der Waals surface area contributed by atoms with E-state index in [4.69, 9.17) is 9.47 Å². The SMILES string of the molecule is CCC(=O)N(Cc1ccc(OC)cc1)[C@H](Cc1ccccc1)C(=O)NCc1ccc(OC)cc1. The fourth-order valence-corrected chi connectivity index (χ4v) is 3.74. The summed E-state index contributed by atoms with van der Waals surface area (Å²) in [6.45, 7) is 2.52. The van der Waals surface area contributed by atoms with Gasteiger partial charge in [0.25, 0.3) is 0 Å². The first-order chi connectivity index (χ1) is 16.5. The fourth-order valence-electron chi connectivity index (χ4n) is 3.74. The second-order valence-electron chi connectivity index (χ2n) is 7.99. The minimum absolute atomic E-state index is 0.0728. The Morgan fingerprint density at radius 3 is 1.88 bits per heavy atom. The number of hydrogen-bond donors (Lipinski definition) is 1. The van der Waals surface area contributed by atoms with Crippen LogP contribution in [-0.2, 0) is 29.1 Å². The minimum Gasteiger partial charge on any atom is -0.497 e. The van der Waals surface area contributed by atoms with Crippen molar-refractivity contribution in [3.63, 3.8) is 0 Å². The summed E-state index contributed by atoms with van der Waals surface area (Å²) in [5.74, 6) is 1.25. The van der Waals surface area contributed by atoms with Crippen molar-refractivity contribution in [2.24, 2.45) is 0 Å². The highest BCUT2D eigenvalue weighted by Crippen LogP contribution is 2.18. The summed E-state index contributed by atoms with van der Waals surface area (Å²) in [6, 6.07) is 24.2. The van der Waals surface area contributed by atoms with Crippen molar-refractivity contribution in [1.29, 1.82) is 0 Å². The Morgan fingerprint density at radius 2 is 1.35 bits per heavy atom. The van der Waals surface area contributed by atoms with Gasteiger partial charge in [-0.2, -0.15) is 0 Å². The van der Waals surface area contributed by atoms with Crippen LogP contribution < -0.4 is 14.8 Å². The van der Waals surface area contributed by atoms with E-state index >= 15 is 0 Å². The summed E-state index contributed by atoms with van der Waals surface area (Å²) in [4.78, 5) is 28.2. The Kier molecular flexibility index (Phi) is 9.09. The highest BCUT2D eigenvalue weighted by molar-refractivity contribution is 5.88. The molecule has 1 N–H and O–H groups in total. The van der Waals surface area contributed by atoms with E-state index in [1.165, 1.54) is 0 Å². The van der Waals surface area contributed by atoms with Crippen molar-refractivity contribution in [3.8, 4) is 11.5 Å². The maximum absolute atomic E-state index is 13.4. The molecule has 0 bridgehead atoms. The second kappa shape index (κ2) is 12.4. The van der Waals surface area contributed by atoms with E-state index in [0.717, 1.165) is 28.2 Å². The standard InChI is InChI=1S/C28H32N2O4/c1-4-27(31)30(20-23-12-16-25(34-3)17-13-23)26(18-21-8-6-5-7-9-21)28(32)29-19-22-10-14-24(33-2)15-11-22/h5-17,26H,4,18-20H2,1-3H3,(H,29,32)/t26-/m1/s1. The monoisotopic (exact) mass is 460 g/mol. The molecule has 0 saturated carbocycles. The van der Waals surface area contributed by atoms with Crippen LogP contribution in [0.2, 0.25) is 0 Å². The third kappa shape index (κ3) is 6.85. The van der Waals surface area contributed by atoms with Crippen molar-refractivity contribution in [2.45, 2.75) is 38.9 Å². The first kappa shape index (κ1) is 24.8. The van der Waals surface area contributed by atoms with Crippen molar-refractivity contribution in [2.75, 3.05) is 14.2 Å². The quantitative estimate of drug-likeness (QED) is 0.461. The number of rotatable bonds is 11. The lowest BCUT2D eigenvalue weighted by atomic mass is 10.0. The van der Waals surface area contributed by atoms with Crippen molar-refractivity contribution in [1.82, 2.24) is 10.2 Å². The first-order valence-corrected chi connectivity index (χ1v) is 11.4. The highest BCUT2D eigenvalue weighted by Gasteiger charge is 2.29. The summed E-state index contributed by atoms with van der Waals surface area (Å²) in [6.07, 6.45) is 0.740. The van der Waals surface area contributed by atoms with E-state index in [1.54, 1.807) is 19.1 Å². The lowest BCUT2D eigenvalue weighted by Crippen LogP contribution is -2.50. The molecule has 0 aliphatic carbocycles. The maximum atomic E-state index is 13.4. The number of amides is 2. The smallest absolute Gasteiger partial charge is 0.243 e. The Morgan fingerprint density at radius 1 is 0.794 bits per heavy atom. The molecule has 6 heteroatoms. The van der Waals surface area contributed by atoms with E-state index in [-0.39, 0.29) is 11.8 Å². The summed E-state index contributed by atoms with van der Waals surface area (Å²) in [5, 5.41) is 3.03. The van der Waals surface area contributed by atoms with Crippen LogP contribution in [0, 0.1) is 0 Å². The zero-order valence-corrected chi connectivity index (χ0v) is 20.0. The topological polar surface area (TPSA) is 67.9 Å². The Labute approximate surface area is 201 Å². The summed E-state index contributed by atoms with van der Waals surface area (Å²) in [5.41, 5.74) is 2.88. The molecule has 0 radical (unpaired) electrons. The van der Waals surface area contributed by atoms with E-state index < -0.39 is 6.04 Å². The molecular weight excluding hydrogens is 428 g/mol. The predicted molar refractivity (Wildman–Crippen MR) is 133 cm³/mol. The molecule has 3 rings (SSSR count). The summed E-state index contributed by atoms with van der Waals surface area (Å²) >= 11 is 0. The third-order valence-electron chi connectivity index (χ3n) is 5.71. The lowest BCUT2D eigenvalue weighted by Gasteiger charge is -2.31. The van der Waals surface area contributed by atoms with Crippen LogP contribution >= 0.6 is 0 Å². The van der Waals surface area contributed by atoms with Gasteiger partial charge >= 0.3 is 0 Å².